The lowest BCUT2D eigenvalue weighted by atomic mass is 10.2. The molecule has 0 saturated carbocycles. The van der Waals surface area contributed by atoms with E-state index in [1.165, 1.54) is 12.1 Å². The Labute approximate surface area is 163 Å². The summed E-state index contributed by atoms with van der Waals surface area (Å²) in [5.41, 5.74) is 1.56. The van der Waals surface area contributed by atoms with Crippen molar-refractivity contribution in [1.82, 2.24) is 9.71 Å². The van der Waals surface area contributed by atoms with Crippen LogP contribution in [0.15, 0.2) is 64.1 Å². The van der Waals surface area contributed by atoms with Crippen molar-refractivity contribution in [2.75, 3.05) is 19.8 Å². The Morgan fingerprint density at radius 2 is 1.79 bits per heavy atom. The molecule has 2 aromatic carbocycles. The molecule has 0 aliphatic carbocycles. The zero-order valence-corrected chi connectivity index (χ0v) is 15.9. The van der Waals surface area contributed by atoms with Crippen molar-refractivity contribution in [2.24, 2.45) is 0 Å². The van der Waals surface area contributed by atoms with Crippen molar-refractivity contribution in [3.8, 4) is 23.0 Å². The predicted molar refractivity (Wildman–Crippen MR) is 103 cm³/mol. The van der Waals surface area contributed by atoms with Gasteiger partial charge in [0.1, 0.15) is 6.26 Å². The van der Waals surface area contributed by atoms with Crippen molar-refractivity contribution in [3.05, 3.63) is 60.5 Å². The van der Waals surface area contributed by atoms with Gasteiger partial charge in [0.05, 0.1) is 23.8 Å². The highest BCUT2D eigenvalue weighted by Gasteiger charge is 2.18. The molecule has 1 aliphatic rings. The third-order valence-electron chi connectivity index (χ3n) is 4.27. The van der Waals surface area contributed by atoms with Gasteiger partial charge < -0.3 is 13.9 Å². The Morgan fingerprint density at radius 1 is 1.00 bits per heavy atom. The van der Waals surface area contributed by atoms with E-state index in [2.05, 4.69) is 9.71 Å². The van der Waals surface area contributed by atoms with Gasteiger partial charge >= 0.3 is 0 Å². The van der Waals surface area contributed by atoms with E-state index in [-0.39, 0.29) is 11.4 Å². The van der Waals surface area contributed by atoms with Gasteiger partial charge in [0.25, 0.3) is 0 Å². The number of ether oxygens (including phenoxy) is 2. The number of fused-ring (bicyclic) bond motifs is 1. The van der Waals surface area contributed by atoms with Gasteiger partial charge in [0.15, 0.2) is 11.5 Å². The fraction of sp³-hybridized carbons (Fsp3) is 0.250. The van der Waals surface area contributed by atoms with Gasteiger partial charge in [-0.2, -0.15) is 0 Å². The summed E-state index contributed by atoms with van der Waals surface area (Å²) in [7, 11) is -3.67. The number of sulfonamides is 1. The molecule has 1 aromatic heterocycles. The molecule has 1 N–H and O–H groups in total. The number of benzene rings is 2. The highest BCUT2D eigenvalue weighted by atomic mass is 32.2. The van der Waals surface area contributed by atoms with Crippen LogP contribution in [-0.2, 0) is 16.4 Å². The molecule has 0 fully saturated rings. The summed E-state index contributed by atoms with van der Waals surface area (Å²) in [6.07, 6.45) is 2.72. The molecule has 146 valence electrons. The van der Waals surface area contributed by atoms with Crippen LogP contribution in [0.3, 0.4) is 0 Å². The van der Waals surface area contributed by atoms with Gasteiger partial charge in [-0.25, -0.2) is 18.1 Å². The molecule has 0 unspecified atom stereocenters. The minimum Gasteiger partial charge on any atom is -0.490 e. The molecule has 1 aliphatic heterocycles. The molecule has 0 radical (unpaired) electrons. The van der Waals surface area contributed by atoms with Crippen molar-refractivity contribution < 1.29 is 22.3 Å². The van der Waals surface area contributed by atoms with Gasteiger partial charge in [-0.3, -0.25) is 0 Å². The second kappa shape index (κ2) is 8.04. The van der Waals surface area contributed by atoms with Crippen LogP contribution in [0, 0.1) is 0 Å². The summed E-state index contributed by atoms with van der Waals surface area (Å²) in [6, 6.07) is 14.2. The fourth-order valence-corrected chi connectivity index (χ4v) is 3.89. The zero-order valence-electron chi connectivity index (χ0n) is 15.1. The Kier molecular flexibility index (Phi) is 5.31. The van der Waals surface area contributed by atoms with Crippen LogP contribution in [0.1, 0.15) is 12.1 Å². The minimum atomic E-state index is -3.67. The number of oxazole rings is 1. The van der Waals surface area contributed by atoms with E-state index in [0.717, 1.165) is 12.0 Å². The number of nitrogens with zero attached hydrogens (tertiary/aromatic N) is 1. The molecule has 2 heterocycles. The minimum absolute atomic E-state index is 0.141. The van der Waals surface area contributed by atoms with Crippen LogP contribution >= 0.6 is 0 Å². The molecule has 4 rings (SSSR count). The summed E-state index contributed by atoms with van der Waals surface area (Å²) in [6.45, 7) is 1.26. The number of aromatic nitrogens is 1. The van der Waals surface area contributed by atoms with E-state index in [1.54, 1.807) is 12.3 Å². The number of nitrogens with one attached hydrogen (secondary N) is 1. The third-order valence-corrected chi connectivity index (χ3v) is 5.73. The average Bonchev–Trinajstić information content (AvgIpc) is 3.05. The van der Waals surface area contributed by atoms with E-state index < -0.39 is 10.0 Å². The maximum absolute atomic E-state index is 12.6. The first kappa shape index (κ1) is 18.5. The number of hydrogen-bond donors (Lipinski definition) is 1. The molecule has 3 aromatic rings. The molecule has 8 heteroatoms. The Balaban J connectivity index is 1.39. The van der Waals surface area contributed by atoms with E-state index in [0.29, 0.717) is 42.7 Å². The Hall–Kier alpha value is -2.84. The summed E-state index contributed by atoms with van der Waals surface area (Å²) in [4.78, 5) is 4.54. The second-order valence-corrected chi connectivity index (χ2v) is 8.08. The molecule has 28 heavy (non-hydrogen) atoms. The van der Waals surface area contributed by atoms with Crippen molar-refractivity contribution >= 4 is 10.0 Å². The molecule has 0 amide bonds. The quantitative estimate of drug-likeness (QED) is 0.684. The lowest BCUT2D eigenvalue weighted by Crippen LogP contribution is -2.26. The summed E-state index contributed by atoms with van der Waals surface area (Å²) in [5.74, 6) is 1.53. The molecule has 0 atom stereocenters. The monoisotopic (exact) mass is 400 g/mol. The smallest absolute Gasteiger partial charge is 0.240 e. The van der Waals surface area contributed by atoms with Gasteiger partial charge in [0, 0.05) is 31.0 Å². The second-order valence-electron chi connectivity index (χ2n) is 6.32. The van der Waals surface area contributed by atoms with E-state index in [1.807, 2.05) is 30.3 Å². The zero-order chi connectivity index (χ0) is 19.4. The van der Waals surface area contributed by atoms with Crippen LogP contribution < -0.4 is 14.2 Å². The van der Waals surface area contributed by atoms with Crippen molar-refractivity contribution in [1.29, 1.82) is 0 Å². The average molecular weight is 400 g/mol. The normalized spacial score (nSPS) is 13.9. The standard InChI is InChI=1S/C20H20N2O5S/c23-28(24,17-7-8-18-19(13-17)26-12-4-11-25-18)21-10-9-16-14-27-20(22-16)15-5-2-1-3-6-15/h1-3,5-8,13-14,21H,4,9-12H2. The van der Waals surface area contributed by atoms with Crippen LogP contribution in [0.25, 0.3) is 11.5 Å². The summed E-state index contributed by atoms with van der Waals surface area (Å²) in [5, 5.41) is 0. The molecule has 0 saturated heterocycles. The fourth-order valence-electron chi connectivity index (χ4n) is 2.84. The predicted octanol–water partition coefficient (Wildman–Crippen LogP) is 3.02. The lowest BCUT2D eigenvalue weighted by Gasteiger charge is -2.10. The van der Waals surface area contributed by atoms with Crippen LogP contribution in [0.2, 0.25) is 0 Å². The van der Waals surface area contributed by atoms with Crippen LogP contribution in [0.4, 0.5) is 0 Å². The molecular formula is C20H20N2O5S. The first-order chi connectivity index (χ1) is 13.6. The van der Waals surface area contributed by atoms with E-state index in [9.17, 15) is 8.42 Å². The number of hydrogen-bond acceptors (Lipinski definition) is 6. The van der Waals surface area contributed by atoms with Gasteiger partial charge in [0.2, 0.25) is 15.9 Å². The maximum atomic E-state index is 12.6. The third kappa shape index (κ3) is 4.18. The van der Waals surface area contributed by atoms with Gasteiger partial charge in [-0.15, -0.1) is 0 Å². The van der Waals surface area contributed by atoms with E-state index in [4.69, 9.17) is 13.9 Å². The molecule has 0 bridgehead atoms. The largest absolute Gasteiger partial charge is 0.490 e. The summed E-state index contributed by atoms with van der Waals surface area (Å²) >= 11 is 0. The van der Waals surface area contributed by atoms with Gasteiger partial charge in [-0.05, 0) is 24.3 Å². The maximum Gasteiger partial charge on any atom is 0.240 e. The highest BCUT2D eigenvalue weighted by molar-refractivity contribution is 7.89. The topological polar surface area (TPSA) is 90.7 Å². The lowest BCUT2D eigenvalue weighted by molar-refractivity contribution is 0.297. The Morgan fingerprint density at radius 3 is 2.61 bits per heavy atom. The first-order valence-electron chi connectivity index (χ1n) is 9.01. The molecule has 0 spiro atoms. The Bertz CT molecular complexity index is 1050. The number of rotatable bonds is 6. The van der Waals surface area contributed by atoms with Crippen LogP contribution in [-0.4, -0.2) is 33.2 Å². The van der Waals surface area contributed by atoms with Gasteiger partial charge in [-0.1, -0.05) is 18.2 Å². The first-order valence-corrected chi connectivity index (χ1v) is 10.5. The summed E-state index contributed by atoms with van der Waals surface area (Å²) < 4.78 is 44.3. The van der Waals surface area contributed by atoms with Crippen LogP contribution in [0.5, 0.6) is 11.5 Å². The SMILES string of the molecule is O=S(=O)(NCCc1coc(-c2ccccc2)n1)c1ccc2c(c1)OCCCO2. The highest BCUT2D eigenvalue weighted by Crippen LogP contribution is 2.31. The molecular weight excluding hydrogens is 380 g/mol. The van der Waals surface area contributed by atoms with E-state index >= 15 is 0 Å². The van der Waals surface area contributed by atoms with Crippen molar-refractivity contribution in [3.63, 3.8) is 0 Å². The molecule has 7 nitrogen and oxygen atoms in total. The van der Waals surface area contributed by atoms with Crippen molar-refractivity contribution in [2.45, 2.75) is 17.7 Å².